The van der Waals surface area contributed by atoms with E-state index in [9.17, 15) is 9.59 Å². The number of unbranched alkanes of at least 4 members (excludes halogenated alkanes) is 6. The molecule has 354 valence electrons. The Labute approximate surface area is 370 Å². The van der Waals surface area contributed by atoms with Crippen molar-refractivity contribution in [3.63, 3.8) is 0 Å². The Morgan fingerprint density at radius 1 is 0.371 bits per heavy atom. The summed E-state index contributed by atoms with van der Waals surface area (Å²) < 4.78 is 71.2. The van der Waals surface area contributed by atoms with Crippen molar-refractivity contribution in [2.75, 3.05) is 159 Å². The van der Waals surface area contributed by atoms with Crippen LogP contribution in [-0.4, -0.2) is 170 Å². The fraction of sp³-hybridized carbons (Fsp3) is 0.702. The van der Waals surface area contributed by atoms with Gasteiger partial charge in [-0.1, -0.05) is 87.9 Å². The highest BCUT2D eigenvalue weighted by molar-refractivity contribution is 6.40. The zero-order valence-corrected chi connectivity index (χ0v) is 37.4. The molecule has 0 aliphatic rings. The van der Waals surface area contributed by atoms with Crippen LogP contribution in [0.1, 0.15) is 67.8 Å². The number of rotatable bonds is 47. The molecule has 0 saturated carbocycles. The number of carbonyl (C=O) groups excluding carboxylic acids is 2. The highest BCUT2D eigenvalue weighted by Crippen LogP contribution is 2.15. The van der Waals surface area contributed by atoms with E-state index in [-0.39, 0.29) is 13.2 Å². The average molecular weight is 881 g/mol. The van der Waals surface area contributed by atoms with Gasteiger partial charge >= 0.3 is 5.97 Å². The minimum absolute atomic E-state index is 0.00491. The van der Waals surface area contributed by atoms with Crippen molar-refractivity contribution in [1.82, 2.24) is 0 Å². The molecule has 2 rings (SSSR count). The van der Waals surface area contributed by atoms with Gasteiger partial charge in [-0.05, 0) is 30.5 Å². The van der Waals surface area contributed by atoms with Crippen molar-refractivity contribution in [2.24, 2.45) is 0 Å². The van der Waals surface area contributed by atoms with E-state index in [4.69, 9.17) is 61.6 Å². The molecule has 0 bridgehead atoms. The third kappa shape index (κ3) is 34.4. The van der Waals surface area contributed by atoms with Crippen LogP contribution < -0.4 is 4.74 Å². The quantitative estimate of drug-likeness (QED) is 0.0332. The van der Waals surface area contributed by atoms with Crippen LogP contribution in [0, 0.1) is 0 Å². The van der Waals surface area contributed by atoms with Gasteiger partial charge in [0.1, 0.15) is 19.0 Å². The third-order valence-electron chi connectivity index (χ3n) is 8.89. The first-order valence-electron chi connectivity index (χ1n) is 22.5. The van der Waals surface area contributed by atoms with Crippen molar-refractivity contribution >= 4 is 11.8 Å². The van der Waals surface area contributed by atoms with E-state index in [0.717, 1.165) is 12.2 Å². The van der Waals surface area contributed by atoms with Crippen molar-refractivity contribution in [3.8, 4) is 5.75 Å². The Hall–Kier alpha value is -3.06. The largest absolute Gasteiger partial charge is 0.491 e. The number of hydrogen-bond acceptors (Lipinski definition) is 15. The molecular weight excluding hydrogens is 805 g/mol. The summed E-state index contributed by atoms with van der Waals surface area (Å²) in [5.74, 6) is -0.695. The monoisotopic (exact) mass is 881 g/mol. The van der Waals surface area contributed by atoms with Gasteiger partial charge in [0.15, 0.2) is 0 Å². The average Bonchev–Trinajstić information content (AvgIpc) is 3.30. The molecule has 0 heterocycles. The van der Waals surface area contributed by atoms with E-state index in [1.54, 1.807) is 30.3 Å². The van der Waals surface area contributed by atoms with E-state index in [0.29, 0.717) is 151 Å². The number of hydrogen-bond donors (Lipinski definition) is 0. The molecule has 0 amide bonds. The molecule has 62 heavy (non-hydrogen) atoms. The first-order valence-corrected chi connectivity index (χ1v) is 22.5. The molecule has 0 fully saturated rings. The normalized spacial score (nSPS) is 11.3. The summed E-state index contributed by atoms with van der Waals surface area (Å²) in [6, 6.07) is 16.7. The van der Waals surface area contributed by atoms with Crippen LogP contribution in [0.4, 0.5) is 0 Å². The van der Waals surface area contributed by atoms with Crippen molar-refractivity contribution in [2.45, 2.75) is 58.3 Å². The summed E-state index contributed by atoms with van der Waals surface area (Å²) in [5, 5.41) is 0. The first kappa shape index (κ1) is 55.1. The van der Waals surface area contributed by atoms with Crippen LogP contribution in [-0.2, 0) is 68.1 Å². The van der Waals surface area contributed by atoms with E-state index < -0.39 is 11.8 Å². The lowest BCUT2D eigenvalue weighted by molar-refractivity contribution is -0.139. The number of esters is 1. The summed E-state index contributed by atoms with van der Waals surface area (Å²) >= 11 is 0. The lowest BCUT2D eigenvalue weighted by Crippen LogP contribution is -2.20. The fourth-order valence-electron chi connectivity index (χ4n) is 5.52. The van der Waals surface area contributed by atoms with Gasteiger partial charge in [-0.25, -0.2) is 4.79 Å². The van der Waals surface area contributed by atoms with Gasteiger partial charge in [0, 0.05) is 5.56 Å². The number of ether oxygens (including phenoxy) is 13. The zero-order chi connectivity index (χ0) is 44.1. The standard InChI is InChI=1S/C47H76O15/c1-2-3-4-5-6-7-9-12-43-15-17-45(18-16-43)61-41-39-59-37-35-57-33-31-55-29-27-53-25-23-51-21-19-50-20-22-52-24-26-54-28-30-56-32-34-58-36-38-60-40-42-62-47(49)46(48)44-13-10-8-11-14-44/h8,10-11,13-18H,2-7,9,12,19-42H2,1H3. The van der Waals surface area contributed by atoms with Gasteiger partial charge in [0.2, 0.25) is 0 Å². The van der Waals surface area contributed by atoms with Gasteiger partial charge in [-0.2, -0.15) is 0 Å². The molecule has 0 aromatic heterocycles. The van der Waals surface area contributed by atoms with E-state index in [1.807, 2.05) is 12.1 Å². The molecule has 0 aliphatic heterocycles. The molecule has 0 saturated heterocycles. The Morgan fingerprint density at radius 3 is 1.10 bits per heavy atom. The Bertz CT molecular complexity index is 1270. The predicted molar refractivity (Wildman–Crippen MR) is 234 cm³/mol. The molecule has 0 unspecified atom stereocenters. The topological polar surface area (TPSA) is 154 Å². The molecule has 0 atom stereocenters. The zero-order valence-electron chi connectivity index (χ0n) is 37.4. The van der Waals surface area contributed by atoms with Crippen LogP contribution in [0.3, 0.4) is 0 Å². The number of ketones is 1. The molecule has 15 heteroatoms. The van der Waals surface area contributed by atoms with Gasteiger partial charge in [-0.15, -0.1) is 0 Å². The Morgan fingerprint density at radius 2 is 0.710 bits per heavy atom. The summed E-state index contributed by atoms with van der Waals surface area (Å²) in [7, 11) is 0. The van der Waals surface area contributed by atoms with Crippen molar-refractivity contribution in [1.29, 1.82) is 0 Å². The van der Waals surface area contributed by atoms with Crippen LogP contribution in [0.2, 0.25) is 0 Å². The predicted octanol–water partition coefficient (Wildman–Crippen LogP) is 5.97. The fourth-order valence-corrected chi connectivity index (χ4v) is 5.52. The highest BCUT2D eigenvalue weighted by Gasteiger charge is 2.17. The van der Waals surface area contributed by atoms with Gasteiger partial charge < -0.3 is 61.6 Å². The maximum atomic E-state index is 11.9. The Balaban J connectivity index is 1.16. The number of benzene rings is 2. The summed E-state index contributed by atoms with van der Waals surface area (Å²) in [5.41, 5.74) is 1.67. The molecule has 0 N–H and O–H groups in total. The minimum Gasteiger partial charge on any atom is -0.491 e. The molecule has 0 radical (unpaired) electrons. The van der Waals surface area contributed by atoms with Gasteiger partial charge in [0.25, 0.3) is 5.78 Å². The lowest BCUT2D eigenvalue weighted by atomic mass is 10.0. The van der Waals surface area contributed by atoms with Crippen LogP contribution in [0.5, 0.6) is 5.75 Å². The Kier molecular flexibility index (Phi) is 38.4. The first-order chi connectivity index (χ1) is 30.7. The molecule has 15 nitrogen and oxygen atoms in total. The summed E-state index contributed by atoms with van der Waals surface area (Å²) in [4.78, 5) is 23.7. The minimum atomic E-state index is -0.898. The third-order valence-corrected chi connectivity index (χ3v) is 8.89. The highest BCUT2D eigenvalue weighted by atomic mass is 16.6. The van der Waals surface area contributed by atoms with Crippen LogP contribution in [0.25, 0.3) is 0 Å². The number of aryl methyl sites for hydroxylation is 1. The van der Waals surface area contributed by atoms with E-state index in [2.05, 4.69) is 19.1 Å². The second-order valence-electron chi connectivity index (χ2n) is 13.9. The second kappa shape index (κ2) is 43.2. The second-order valence-corrected chi connectivity index (χ2v) is 13.9. The van der Waals surface area contributed by atoms with E-state index in [1.165, 1.54) is 50.5 Å². The number of carbonyl (C=O) groups is 2. The molecular formula is C47H76O15. The van der Waals surface area contributed by atoms with Crippen LogP contribution in [0.15, 0.2) is 54.6 Å². The SMILES string of the molecule is CCCCCCCCCc1ccc(OCCOCCOCCOCCOCCOCCOCCOCCOCCOCCOCCOCCOC(=O)C(=O)c2ccccc2)cc1. The van der Waals surface area contributed by atoms with Crippen LogP contribution >= 0.6 is 0 Å². The number of Topliss-reactive ketones (excluding diaryl/α,β-unsaturated/α-hetero) is 1. The maximum absolute atomic E-state index is 11.9. The van der Waals surface area contributed by atoms with Gasteiger partial charge in [0.05, 0.1) is 145 Å². The molecule has 2 aromatic rings. The molecule has 0 spiro atoms. The summed E-state index contributed by atoms with van der Waals surface area (Å²) in [6.45, 7) is 12.9. The summed E-state index contributed by atoms with van der Waals surface area (Å²) in [6.07, 6.45) is 10.5. The van der Waals surface area contributed by atoms with Crippen molar-refractivity contribution in [3.05, 3.63) is 65.7 Å². The lowest BCUT2D eigenvalue weighted by Gasteiger charge is -2.09. The smallest absolute Gasteiger partial charge is 0.379 e. The van der Waals surface area contributed by atoms with E-state index >= 15 is 0 Å². The molecule has 2 aromatic carbocycles. The van der Waals surface area contributed by atoms with Crippen molar-refractivity contribution < 1.29 is 71.2 Å². The molecule has 0 aliphatic carbocycles. The maximum Gasteiger partial charge on any atom is 0.379 e. The van der Waals surface area contributed by atoms with Gasteiger partial charge in [-0.3, -0.25) is 4.79 Å².